The van der Waals surface area contributed by atoms with Crippen LogP contribution in [0.5, 0.6) is 0 Å². The number of aliphatic hydroxyl groups excluding tert-OH is 1. The van der Waals surface area contributed by atoms with Gasteiger partial charge in [-0.1, -0.05) is 55.0 Å². The van der Waals surface area contributed by atoms with E-state index in [-0.39, 0.29) is 5.91 Å². The third kappa shape index (κ3) is 4.84. The zero-order valence-corrected chi connectivity index (χ0v) is 14.3. The van der Waals surface area contributed by atoms with E-state index in [1.807, 2.05) is 6.92 Å². The molecule has 1 unspecified atom stereocenters. The molecule has 0 saturated heterocycles. The van der Waals surface area contributed by atoms with E-state index < -0.39 is 18.1 Å². The number of aromatic nitrogens is 2. The molecule has 1 heterocycles. The molecule has 1 aromatic carbocycles. The van der Waals surface area contributed by atoms with Gasteiger partial charge in [-0.2, -0.15) is 0 Å². The minimum absolute atomic E-state index is 0.374. The molecule has 2 rings (SSSR count). The van der Waals surface area contributed by atoms with Crippen LogP contribution in [0, 0.1) is 6.92 Å². The van der Waals surface area contributed by atoms with E-state index in [0.29, 0.717) is 23.5 Å². The van der Waals surface area contributed by atoms with Crippen LogP contribution in [0.4, 0.5) is 5.13 Å². The number of aliphatic hydroxyl groups is 1. The predicted octanol–water partition coefficient (Wildman–Crippen LogP) is 1.80. The summed E-state index contributed by atoms with van der Waals surface area (Å²) in [5.41, 5.74) is 0.477. The van der Waals surface area contributed by atoms with Gasteiger partial charge in [0, 0.05) is 0 Å². The van der Waals surface area contributed by atoms with Gasteiger partial charge in [0.25, 0.3) is 5.91 Å². The Kier molecular flexibility index (Phi) is 6.39. The number of benzene rings is 1. The zero-order chi connectivity index (χ0) is 17.5. The number of carbonyl (C=O) groups is 2. The summed E-state index contributed by atoms with van der Waals surface area (Å²) in [5.74, 6) is -0.982. The van der Waals surface area contributed by atoms with Gasteiger partial charge in [-0.15, -0.1) is 10.2 Å². The number of anilines is 1. The van der Waals surface area contributed by atoms with Crippen LogP contribution in [-0.4, -0.2) is 33.2 Å². The summed E-state index contributed by atoms with van der Waals surface area (Å²) < 4.78 is 0. The highest BCUT2D eigenvalue weighted by molar-refractivity contribution is 7.15. The number of hydrogen-bond donors (Lipinski definition) is 3. The molecule has 0 aliphatic rings. The lowest BCUT2D eigenvalue weighted by atomic mass is 10.1. The monoisotopic (exact) mass is 348 g/mol. The van der Waals surface area contributed by atoms with Gasteiger partial charge in [0.1, 0.15) is 11.0 Å². The Morgan fingerprint density at radius 3 is 2.50 bits per heavy atom. The summed E-state index contributed by atoms with van der Waals surface area (Å²) in [7, 11) is 0. The zero-order valence-electron chi connectivity index (χ0n) is 13.5. The molecule has 0 aliphatic heterocycles. The first kappa shape index (κ1) is 18.0. The van der Waals surface area contributed by atoms with E-state index in [1.54, 1.807) is 37.3 Å². The van der Waals surface area contributed by atoms with Crippen molar-refractivity contribution < 1.29 is 14.7 Å². The summed E-state index contributed by atoms with van der Waals surface area (Å²) in [6.07, 6.45) is -0.159. The van der Waals surface area contributed by atoms with Gasteiger partial charge < -0.3 is 10.4 Å². The lowest BCUT2D eigenvalue weighted by Crippen LogP contribution is -2.45. The van der Waals surface area contributed by atoms with E-state index in [0.717, 1.165) is 5.01 Å². The minimum atomic E-state index is -1.32. The maximum Gasteiger partial charge on any atom is 0.254 e. The molecular weight excluding hydrogens is 328 g/mol. The van der Waals surface area contributed by atoms with E-state index in [4.69, 9.17) is 0 Å². The summed E-state index contributed by atoms with van der Waals surface area (Å²) >= 11 is 1.26. The highest BCUT2D eigenvalue weighted by Gasteiger charge is 2.25. The fourth-order valence-corrected chi connectivity index (χ4v) is 2.73. The smallest absolute Gasteiger partial charge is 0.254 e. The fraction of sp³-hybridized carbons (Fsp3) is 0.375. The van der Waals surface area contributed by atoms with Crippen LogP contribution in [0.15, 0.2) is 30.3 Å². The molecule has 0 radical (unpaired) electrons. The molecule has 2 amide bonds. The molecule has 0 bridgehead atoms. The molecule has 0 fully saturated rings. The van der Waals surface area contributed by atoms with Gasteiger partial charge in [-0.3, -0.25) is 14.9 Å². The standard InChI is InChI=1S/C16H20N4O3S/c1-3-7-12(14(22)18-16-20-19-10(2)24-16)17-15(23)13(21)11-8-5-4-6-9-11/h4-6,8-9,12-13,21H,3,7H2,1-2H3,(H,17,23)(H,18,20,22)/t12?,13-/m0/s1. The lowest BCUT2D eigenvalue weighted by Gasteiger charge is -2.19. The van der Waals surface area contributed by atoms with Gasteiger partial charge >= 0.3 is 0 Å². The van der Waals surface area contributed by atoms with Crippen molar-refractivity contribution in [1.29, 1.82) is 0 Å². The number of rotatable bonds is 7. The first-order chi connectivity index (χ1) is 11.5. The van der Waals surface area contributed by atoms with Gasteiger partial charge in [0.2, 0.25) is 11.0 Å². The SMILES string of the molecule is CCCC(NC(=O)[C@@H](O)c1ccccc1)C(=O)Nc1nnc(C)s1. The minimum Gasteiger partial charge on any atom is -0.378 e. The summed E-state index contributed by atoms with van der Waals surface area (Å²) in [6, 6.07) is 7.84. The van der Waals surface area contributed by atoms with Crippen molar-refractivity contribution in [3.8, 4) is 0 Å². The Balaban J connectivity index is 2.01. The Morgan fingerprint density at radius 2 is 1.92 bits per heavy atom. The number of aryl methyl sites for hydroxylation is 1. The summed E-state index contributed by atoms with van der Waals surface area (Å²) in [6.45, 7) is 3.70. The van der Waals surface area contributed by atoms with Crippen LogP contribution in [0.25, 0.3) is 0 Å². The molecule has 0 aliphatic carbocycles. The van der Waals surface area contributed by atoms with Gasteiger partial charge in [0.15, 0.2) is 6.10 Å². The van der Waals surface area contributed by atoms with Crippen molar-refractivity contribution in [3.63, 3.8) is 0 Å². The first-order valence-electron chi connectivity index (χ1n) is 7.65. The van der Waals surface area contributed by atoms with Crippen molar-refractivity contribution in [1.82, 2.24) is 15.5 Å². The van der Waals surface area contributed by atoms with Gasteiger partial charge in [0.05, 0.1) is 0 Å². The lowest BCUT2D eigenvalue weighted by molar-refractivity contribution is -0.133. The van der Waals surface area contributed by atoms with E-state index in [1.165, 1.54) is 11.3 Å². The Bertz CT molecular complexity index is 690. The van der Waals surface area contributed by atoms with Crippen LogP contribution < -0.4 is 10.6 Å². The van der Waals surface area contributed by atoms with Crippen LogP contribution in [0.1, 0.15) is 36.4 Å². The maximum atomic E-state index is 12.3. The number of nitrogens with one attached hydrogen (secondary N) is 2. The number of amides is 2. The molecule has 7 nitrogen and oxygen atoms in total. The fourth-order valence-electron chi connectivity index (χ4n) is 2.13. The van der Waals surface area contributed by atoms with Crippen molar-refractivity contribution in [2.24, 2.45) is 0 Å². The van der Waals surface area contributed by atoms with E-state index in [9.17, 15) is 14.7 Å². The molecule has 8 heteroatoms. The number of nitrogens with zero attached hydrogens (tertiary/aromatic N) is 2. The molecule has 1 aromatic heterocycles. The second-order valence-electron chi connectivity index (χ2n) is 5.28. The molecule has 2 atom stereocenters. The molecular formula is C16H20N4O3S. The highest BCUT2D eigenvalue weighted by atomic mass is 32.1. The van der Waals surface area contributed by atoms with Crippen molar-refractivity contribution >= 4 is 28.3 Å². The van der Waals surface area contributed by atoms with Crippen LogP contribution in [0.2, 0.25) is 0 Å². The summed E-state index contributed by atoms with van der Waals surface area (Å²) in [4.78, 5) is 24.6. The quantitative estimate of drug-likeness (QED) is 0.708. The highest BCUT2D eigenvalue weighted by Crippen LogP contribution is 2.16. The Morgan fingerprint density at radius 1 is 1.21 bits per heavy atom. The largest absolute Gasteiger partial charge is 0.378 e. The maximum absolute atomic E-state index is 12.3. The van der Waals surface area contributed by atoms with Gasteiger partial charge in [-0.25, -0.2) is 0 Å². The van der Waals surface area contributed by atoms with Crippen molar-refractivity contribution in [2.75, 3.05) is 5.32 Å². The Hall–Kier alpha value is -2.32. The number of hydrogen-bond acceptors (Lipinski definition) is 6. The van der Waals surface area contributed by atoms with Gasteiger partial charge in [-0.05, 0) is 18.9 Å². The number of carbonyl (C=O) groups excluding carboxylic acids is 2. The average molecular weight is 348 g/mol. The molecule has 2 aromatic rings. The molecule has 24 heavy (non-hydrogen) atoms. The Labute approximate surface area is 144 Å². The second kappa shape index (κ2) is 8.51. The second-order valence-corrected chi connectivity index (χ2v) is 6.46. The topological polar surface area (TPSA) is 104 Å². The summed E-state index contributed by atoms with van der Waals surface area (Å²) in [5, 5.41) is 24.1. The average Bonchev–Trinajstić information content (AvgIpc) is 2.99. The van der Waals surface area contributed by atoms with E-state index >= 15 is 0 Å². The molecule has 0 spiro atoms. The predicted molar refractivity (Wildman–Crippen MR) is 91.5 cm³/mol. The van der Waals surface area contributed by atoms with Crippen LogP contribution in [0.3, 0.4) is 0 Å². The third-order valence-electron chi connectivity index (χ3n) is 3.33. The van der Waals surface area contributed by atoms with Crippen molar-refractivity contribution in [2.45, 2.75) is 38.8 Å². The first-order valence-corrected chi connectivity index (χ1v) is 8.47. The third-order valence-corrected chi connectivity index (χ3v) is 4.08. The molecule has 0 saturated carbocycles. The molecule has 128 valence electrons. The van der Waals surface area contributed by atoms with E-state index in [2.05, 4.69) is 20.8 Å². The molecule has 3 N–H and O–H groups in total. The van der Waals surface area contributed by atoms with Crippen LogP contribution in [-0.2, 0) is 9.59 Å². The van der Waals surface area contributed by atoms with Crippen molar-refractivity contribution in [3.05, 3.63) is 40.9 Å². The normalized spacial score (nSPS) is 13.1. The van der Waals surface area contributed by atoms with Crippen LogP contribution >= 0.6 is 11.3 Å².